The van der Waals surface area contributed by atoms with Crippen LogP contribution in [0.5, 0.6) is 0 Å². The Morgan fingerprint density at radius 2 is 2.12 bits per heavy atom. The maximum absolute atomic E-state index is 13.2. The van der Waals surface area contributed by atoms with E-state index in [1.165, 1.54) is 11.6 Å². The van der Waals surface area contributed by atoms with Gasteiger partial charge in [0.25, 0.3) is 0 Å². The molecule has 94 valence electrons. The van der Waals surface area contributed by atoms with E-state index in [1.54, 1.807) is 6.07 Å². The van der Waals surface area contributed by atoms with Gasteiger partial charge in [0.1, 0.15) is 5.82 Å². The zero-order valence-electron chi connectivity index (χ0n) is 10.7. The van der Waals surface area contributed by atoms with Crippen LogP contribution in [0.2, 0.25) is 0 Å². The van der Waals surface area contributed by atoms with Gasteiger partial charge >= 0.3 is 0 Å². The number of rotatable bonds is 2. The van der Waals surface area contributed by atoms with E-state index in [2.05, 4.69) is 4.90 Å². The second-order valence-electron chi connectivity index (χ2n) is 5.85. The molecule has 1 unspecified atom stereocenters. The molecule has 0 saturated carbocycles. The Balaban J connectivity index is 2.14. The van der Waals surface area contributed by atoms with Gasteiger partial charge in [-0.1, -0.05) is 26.8 Å². The number of anilines is 1. The number of hydrogen-bond acceptors (Lipinski definition) is 2. The molecule has 0 radical (unpaired) electrons. The van der Waals surface area contributed by atoms with Crippen molar-refractivity contribution < 1.29 is 9.50 Å². The monoisotopic (exact) mass is 237 g/mol. The van der Waals surface area contributed by atoms with Gasteiger partial charge < -0.3 is 10.0 Å². The van der Waals surface area contributed by atoms with E-state index in [4.69, 9.17) is 0 Å². The molecule has 0 spiro atoms. The topological polar surface area (TPSA) is 23.5 Å². The molecule has 1 N–H and O–H groups in total. The van der Waals surface area contributed by atoms with Crippen LogP contribution < -0.4 is 4.90 Å². The molecule has 0 bridgehead atoms. The van der Waals surface area contributed by atoms with Gasteiger partial charge in [-0.3, -0.25) is 0 Å². The average Bonchev–Trinajstić information content (AvgIpc) is 2.60. The van der Waals surface area contributed by atoms with Crippen molar-refractivity contribution in [2.75, 3.05) is 18.0 Å². The van der Waals surface area contributed by atoms with Gasteiger partial charge in [-0.15, -0.1) is 0 Å². The molecule has 2 nitrogen and oxygen atoms in total. The van der Waals surface area contributed by atoms with Gasteiger partial charge in [-0.2, -0.15) is 0 Å². The summed E-state index contributed by atoms with van der Waals surface area (Å²) in [6, 6.07) is 4.91. The molecule has 3 heteroatoms. The molecular formula is C14H20FNO. The Morgan fingerprint density at radius 3 is 2.76 bits per heavy atom. The molecule has 17 heavy (non-hydrogen) atoms. The Bertz CT molecular complexity index is 411. The number of fused-ring (bicyclic) bond motifs is 1. The third-order valence-electron chi connectivity index (χ3n) is 3.43. The minimum Gasteiger partial charge on any atom is -0.391 e. The van der Waals surface area contributed by atoms with E-state index >= 15 is 0 Å². The summed E-state index contributed by atoms with van der Waals surface area (Å²) in [6.07, 6.45) is 0.531. The van der Waals surface area contributed by atoms with Crippen LogP contribution >= 0.6 is 0 Å². The number of nitrogens with zero attached hydrogens (tertiary/aromatic N) is 1. The predicted molar refractivity (Wildman–Crippen MR) is 67.8 cm³/mol. The van der Waals surface area contributed by atoms with Crippen molar-refractivity contribution in [2.45, 2.75) is 33.3 Å². The fourth-order valence-corrected chi connectivity index (χ4v) is 2.09. The zero-order valence-corrected chi connectivity index (χ0v) is 10.7. The van der Waals surface area contributed by atoms with E-state index in [9.17, 15) is 9.50 Å². The highest BCUT2D eigenvalue weighted by atomic mass is 19.1. The molecule has 2 rings (SSSR count). The van der Waals surface area contributed by atoms with Gasteiger partial charge in [-0.25, -0.2) is 4.39 Å². The van der Waals surface area contributed by atoms with Crippen LogP contribution in [0.3, 0.4) is 0 Å². The molecule has 0 saturated heterocycles. The quantitative estimate of drug-likeness (QED) is 0.854. The number of aliphatic hydroxyl groups excluding tert-OH is 1. The lowest BCUT2D eigenvalue weighted by atomic mass is 9.89. The van der Waals surface area contributed by atoms with Crippen LogP contribution in [0.25, 0.3) is 0 Å². The lowest BCUT2D eigenvalue weighted by Crippen LogP contribution is -2.38. The lowest BCUT2D eigenvalue weighted by molar-refractivity contribution is 0.0693. The molecule has 0 amide bonds. The van der Waals surface area contributed by atoms with Crippen LogP contribution in [-0.2, 0) is 6.42 Å². The van der Waals surface area contributed by atoms with Crippen LogP contribution in [0.4, 0.5) is 10.1 Å². The SMILES string of the molecule is CC(C)(C)C(O)CN1CCc2ccc(F)cc21. The number of hydrogen-bond donors (Lipinski definition) is 1. The molecule has 1 aromatic rings. The summed E-state index contributed by atoms with van der Waals surface area (Å²) in [5, 5.41) is 10.1. The number of β-amino-alcohol motifs (C(OH)–C–C–N with tert-alkyl or cyclic N) is 1. The molecule has 0 aromatic heterocycles. The van der Waals surface area contributed by atoms with Crippen molar-refractivity contribution in [3.05, 3.63) is 29.6 Å². The molecule has 0 aliphatic carbocycles. The fourth-order valence-electron chi connectivity index (χ4n) is 2.09. The highest BCUT2D eigenvalue weighted by Gasteiger charge is 2.27. The summed E-state index contributed by atoms with van der Waals surface area (Å²) < 4.78 is 13.2. The second-order valence-corrected chi connectivity index (χ2v) is 5.85. The fraction of sp³-hybridized carbons (Fsp3) is 0.571. The van der Waals surface area contributed by atoms with E-state index < -0.39 is 6.10 Å². The first-order valence-electron chi connectivity index (χ1n) is 6.09. The Kier molecular flexibility index (Phi) is 3.13. The molecule has 1 aliphatic rings. The van der Waals surface area contributed by atoms with Crippen LogP contribution in [0.1, 0.15) is 26.3 Å². The number of aliphatic hydroxyl groups is 1. The van der Waals surface area contributed by atoms with Crippen LogP contribution in [-0.4, -0.2) is 24.3 Å². The molecular weight excluding hydrogens is 217 g/mol. The van der Waals surface area contributed by atoms with Gasteiger partial charge in [-0.05, 0) is 29.5 Å². The summed E-state index contributed by atoms with van der Waals surface area (Å²) in [4.78, 5) is 2.08. The Morgan fingerprint density at radius 1 is 1.41 bits per heavy atom. The maximum Gasteiger partial charge on any atom is 0.125 e. The van der Waals surface area contributed by atoms with Gasteiger partial charge in [0, 0.05) is 18.8 Å². The predicted octanol–water partition coefficient (Wildman–Crippen LogP) is 2.60. The van der Waals surface area contributed by atoms with Gasteiger partial charge in [0.2, 0.25) is 0 Å². The van der Waals surface area contributed by atoms with Crippen LogP contribution in [0, 0.1) is 11.2 Å². The van der Waals surface area contributed by atoms with E-state index in [0.29, 0.717) is 6.54 Å². The zero-order chi connectivity index (χ0) is 12.6. The highest BCUT2D eigenvalue weighted by Crippen LogP contribution is 2.30. The first kappa shape index (κ1) is 12.4. The number of halogens is 1. The van der Waals surface area contributed by atoms with Crippen molar-refractivity contribution in [3.8, 4) is 0 Å². The van der Waals surface area contributed by atoms with Crippen molar-refractivity contribution in [3.63, 3.8) is 0 Å². The summed E-state index contributed by atoms with van der Waals surface area (Å²) in [6.45, 7) is 7.48. The summed E-state index contributed by atoms with van der Waals surface area (Å²) >= 11 is 0. The molecule has 1 heterocycles. The Hall–Kier alpha value is -1.09. The minimum absolute atomic E-state index is 0.143. The third-order valence-corrected chi connectivity index (χ3v) is 3.43. The lowest BCUT2D eigenvalue weighted by Gasteiger charge is -2.31. The largest absolute Gasteiger partial charge is 0.391 e. The molecule has 1 aliphatic heterocycles. The third kappa shape index (κ3) is 2.60. The normalized spacial score (nSPS) is 17.1. The summed E-state index contributed by atoms with van der Waals surface area (Å²) in [5.74, 6) is -0.208. The highest BCUT2D eigenvalue weighted by molar-refractivity contribution is 5.58. The molecule has 0 fully saturated rings. The summed E-state index contributed by atoms with van der Waals surface area (Å²) in [7, 11) is 0. The van der Waals surface area contributed by atoms with E-state index in [1.807, 2.05) is 26.8 Å². The summed E-state index contributed by atoms with van der Waals surface area (Å²) in [5.41, 5.74) is 1.97. The standard InChI is InChI=1S/C14H20FNO/c1-14(2,3)13(17)9-16-7-6-10-4-5-11(15)8-12(10)16/h4-5,8,13,17H,6-7,9H2,1-3H3. The average molecular weight is 237 g/mol. The van der Waals surface area contributed by atoms with E-state index in [-0.39, 0.29) is 11.2 Å². The first-order valence-corrected chi connectivity index (χ1v) is 6.09. The maximum atomic E-state index is 13.2. The van der Waals surface area contributed by atoms with E-state index in [0.717, 1.165) is 18.7 Å². The van der Waals surface area contributed by atoms with Crippen molar-refractivity contribution in [1.29, 1.82) is 0 Å². The van der Waals surface area contributed by atoms with Crippen LogP contribution in [0.15, 0.2) is 18.2 Å². The smallest absolute Gasteiger partial charge is 0.125 e. The number of benzene rings is 1. The van der Waals surface area contributed by atoms with Crippen molar-refractivity contribution in [2.24, 2.45) is 5.41 Å². The van der Waals surface area contributed by atoms with Gasteiger partial charge in [0.15, 0.2) is 0 Å². The van der Waals surface area contributed by atoms with Gasteiger partial charge in [0.05, 0.1) is 6.10 Å². The molecule has 1 atom stereocenters. The Labute approximate surface area is 102 Å². The minimum atomic E-state index is -0.406. The van der Waals surface area contributed by atoms with Crippen molar-refractivity contribution in [1.82, 2.24) is 0 Å². The second kappa shape index (κ2) is 4.30. The first-order chi connectivity index (χ1) is 7.88. The molecule has 1 aromatic carbocycles. The van der Waals surface area contributed by atoms with Crippen molar-refractivity contribution >= 4 is 5.69 Å².